The van der Waals surface area contributed by atoms with Gasteiger partial charge in [-0.25, -0.2) is 4.79 Å². The zero-order valence-corrected chi connectivity index (χ0v) is 20.9. The number of nitrogens with zero attached hydrogens (tertiary/aromatic N) is 2. The van der Waals surface area contributed by atoms with Gasteiger partial charge in [0.2, 0.25) is 23.6 Å². The summed E-state index contributed by atoms with van der Waals surface area (Å²) in [5.74, 6) is -3.99. The monoisotopic (exact) mass is 512 g/mol. The molecule has 0 aromatic carbocycles. The van der Waals surface area contributed by atoms with Crippen LogP contribution in [0.2, 0.25) is 0 Å². The number of carbonyl (C=O) groups is 5. The van der Waals surface area contributed by atoms with E-state index in [-0.39, 0.29) is 37.7 Å². The first-order valence-electron chi connectivity index (χ1n) is 12.1. The molecule has 1 heterocycles. The number of likely N-dealkylation sites (tertiary alicyclic amines) is 1. The highest BCUT2D eigenvalue weighted by Crippen LogP contribution is 2.20. The van der Waals surface area contributed by atoms with E-state index in [0.29, 0.717) is 32.2 Å². The first-order valence-corrected chi connectivity index (χ1v) is 12.1. The van der Waals surface area contributed by atoms with Crippen LogP contribution in [0.5, 0.6) is 0 Å². The minimum absolute atomic E-state index is 0.0643. The van der Waals surface area contributed by atoms with Crippen LogP contribution in [0.1, 0.15) is 58.8 Å². The Morgan fingerprint density at radius 1 is 1.08 bits per heavy atom. The smallest absolute Gasteiger partial charge is 0.326 e. The second-order valence-corrected chi connectivity index (χ2v) is 9.02. The van der Waals surface area contributed by atoms with Crippen molar-refractivity contribution in [3.05, 3.63) is 0 Å². The fourth-order valence-corrected chi connectivity index (χ4v) is 3.91. The molecule has 5 atom stereocenters. The van der Waals surface area contributed by atoms with Crippen molar-refractivity contribution < 1.29 is 29.1 Å². The van der Waals surface area contributed by atoms with Crippen molar-refractivity contribution in [3.63, 3.8) is 0 Å². The first-order chi connectivity index (χ1) is 16.9. The van der Waals surface area contributed by atoms with Crippen molar-refractivity contribution in [1.82, 2.24) is 15.5 Å². The highest BCUT2D eigenvalue weighted by atomic mass is 16.4. The summed E-state index contributed by atoms with van der Waals surface area (Å²) < 4.78 is 0. The number of hydrogen-bond acceptors (Lipinski definition) is 7. The van der Waals surface area contributed by atoms with Crippen LogP contribution >= 0.6 is 0 Å². The molecular weight excluding hydrogens is 472 g/mol. The Balaban J connectivity index is 2.96. The van der Waals surface area contributed by atoms with Crippen molar-refractivity contribution >= 4 is 35.6 Å². The molecule has 0 spiro atoms. The molecule has 11 N–H and O–H groups in total. The van der Waals surface area contributed by atoms with Crippen LogP contribution in [0.25, 0.3) is 0 Å². The molecule has 1 fully saturated rings. The quantitative estimate of drug-likeness (QED) is 0.0708. The molecule has 1 aliphatic rings. The van der Waals surface area contributed by atoms with Crippen molar-refractivity contribution in [3.8, 4) is 0 Å². The fraction of sp³-hybridized carbons (Fsp3) is 0.727. The Kier molecular flexibility index (Phi) is 12.6. The average molecular weight is 513 g/mol. The summed E-state index contributed by atoms with van der Waals surface area (Å²) in [6, 6.07) is -4.11. The molecule has 0 saturated carbocycles. The van der Waals surface area contributed by atoms with E-state index in [1.165, 1.54) is 4.90 Å². The van der Waals surface area contributed by atoms with Gasteiger partial charge < -0.3 is 43.6 Å². The zero-order valence-electron chi connectivity index (χ0n) is 20.9. The van der Waals surface area contributed by atoms with Gasteiger partial charge in [-0.05, 0) is 38.0 Å². The maximum Gasteiger partial charge on any atom is 0.326 e. The highest BCUT2D eigenvalue weighted by Gasteiger charge is 2.39. The lowest BCUT2D eigenvalue weighted by Gasteiger charge is -2.30. The number of carbonyl (C=O) groups excluding carboxylic acids is 4. The predicted molar refractivity (Wildman–Crippen MR) is 132 cm³/mol. The molecular formula is C22H40N8O6. The van der Waals surface area contributed by atoms with Crippen molar-refractivity contribution in [2.24, 2.45) is 33.8 Å². The summed E-state index contributed by atoms with van der Waals surface area (Å²) in [5, 5.41) is 14.7. The predicted octanol–water partition coefficient (Wildman–Crippen LogP) is -2.28. The van der Waals surface area contributed by atoms with Gasteiger partial charge in [-0.3, -0.25) is 24.2 Å². The lowest BCUT2D eigenvalue weighted by atomic mass is 9.96. The van der Waals surface area contributed by atoms with E-state index in [9.17, 15) is 29.1 Å². The van der Waals surface area contributed by atoms with Gasteiger partial charge in [0.15, 0.2) is 5.96 Å². The minimum Gasteiger partial charge on any atom is -0.480 e. The number of guanidine groups is 1. The molecule has 0 aromatic rings. The number of aliphatic carboxylic acids is 1. The van der Waals surface area contributed by atoms with Crippen LogP contribution in [0, 0.1) is 5.92 Å². The molecule has 5 unspecified atom stereocenters. The second kappa shape index (κ2) is 14.9. The van der Waals surface area contributed by atoms with Gasteiger partial charge in [-0.1, -0.05) is 20.3 Å². The Bertz CT molecular complexity index is 831. The summed E-state index contributed by atoms with van der Waals surface area (Å²) >= 11 is 0. The highest BCUT2D eigenvalue weighted by molar-refractivity contribution is 5.94. The van der Waals surface area contributed by atoms with Gasteiger partial charge in [-0.2, -0.15) is 0 Å². The number of carboxylic acids is 1. The summed E-state index contributed by atoms with van der Waals surface area (Å²) in [6.07, 6.45) is 1.78. The summed E-state index contributed by atoms with van der Waals surface area (Å²) in [4.78, 5) is 67.0. The zero-order chi connectivity index (χ0) is 27.4. The minimum atomic E-state index is -1.18. The molecule has 4 amide bonds. The number of amides is 4. The third kappa shape index (κ3) is 9.68. The van der Waals surface area contributed by atoms with E-state index < -0.39 is 53.8 Å². The fourth-order valence-electron chi connectivity index (χ4n) is 3.91. The molecule has 36 heavy (non-hydrogen) atoms. The molecule has 204 valence electrons. The summed E-state index contributed by atoms with van der Waals surface area (Å²) in [7, 11) is 0. The van der Waals surface area contributed by atoms with E-state index in [0.717, 1.165) is 0 Å². The van der Waals surface area contributed by atoms with E-state index in [2.05, 4.69) is 15.6 Å². The van der Waals surface area contributed by atoms with Crippen LogP contribution in [-0.2, 0) is 24.0 Å². The van der Waals surface area contributed by atoms with E-state index in [1.54, 1.807) is 6.92 Å². The average Bonchev–Trinajstić information content (AvgIpc) is 3.31. The van der Waals surface area contributed by atoms with Gasteiger partial charge in [0.25, 0.3) is 0 Å². The van der Waals surface area contributed by atoms with Crippen LogP contribution in [0.15, 0.2) is 4.99 Å². The molecule has 1 aliphatic heterocycles. The Morgan fingerprint density at radius 3 is 2.31 bits per heavy atom. The van der Waals surface area contributed by atoms with Crippen molar-refractivity contribution in [2.75, 3.05) is 13.1 Å². The second-order valence-electron chi connectivity index (χ2n) is 9.02. The molecule has 0 aliphatic carbocycles. The van der Waals surface area contributed by atoms with Gasteiger partial charge >= 0.3 is 5.97 Å². The number of nitrogens with one attached hydrogen (secondary N) is 2. The number of hydrogen-bond donors (Lipinski definition) is 7. The topological polar surface area (TPSA) is 249 Å². The number of nitrogens with two attached hydrogens (primary N) is 4. The third-order valence-electron chi connectivity index (χ3n) is 6.21. The van der Waals surface area contributed by atoms with Crippen LogP contribution < -0.4 is 33.6 Å². The van der Waals surface area contributed by atoms with Crippen molar-refractivity contribution in [2.45, 2.75) is 83.0 Å². The van der Waals surface area contributed by atoms with Gasteiger partial charge in [0.05, 0.1) is 6.04 Å². The van der Waals surface area contributed by atoms with Crippen molar-refractivity contribution in [1.29, 1.82) is 0 Å². The molecule has 1 saturated heterocycles. The lowest BCUT2D eigenvalue weighted by Crippen LogP contribution is -2.58. The first kappa shape index (κ1) is 30.6. The number of primary amides is 1. The van der Waals surface area contributed by atoms with Gasteiger partial charge in [0.1, 0.15) is 18.1 Å². The maximum absolute atomic E-state index is 13.2. The van der Waals surface area contributed by atoms with Gasteiger partial charge in [0, 0.05) is 19.5 Å². The largest absolute Gasteiger partial charge is 0.480 e. The summed E-state index contributed by atoms with van der Waals surface area (Å²) in [6.45, 7) is 4.12. The summed E-state index contributed by atoms with van der Waals surface area (Å²) in [5.41, 5.74) is 21.7. The molecule has 14 nitrogen and oxygen atoms in total. The van der Waals surface area contributed by atoms with Crippen LogP contribution in [0.4, 0.5) is 0 Å². The molecule has 0 bridgehead atoms. The van der Waals surface area contributed by atoms with Crippen LogP contribution in [-0.4, -0.2) is 82.8 Å². The molecule has 1 rings (SSSR count). The molecule has 0 aromatic heterocycles. The maximum atomic E-state index is 13.2. The Labute approximate surface area is 210 Å². The molecule has 14 heteroatoms. The standard InChI is InChI=1S/C22H40N8O6/c1-3-12(2)17(29-18(32)13(23)6-4-10-27-22(25)26)19(33)28-14(8-9-16(24)31)20(34)30-11-5-7-15(30)21(35)36/h12-15,17H,3-11,23H2,1-2H3,(H2,24,31)(H,28,33)(H,29,32)(H,35,36)(H4,25,26,27). The van der Waals surface area contributed by atoms with E-state index in [4.69, 9.17) is 22.9 Å². The van der Waals surface area contributed by atoms with Gasteiger partial charge in [-0.15, -0.1) is 0 Å². The molecule has 0 radical (unpaired) electrons. The Hall–Kier alpha value is -3.42. The number of carboxylic acid groups (broad SMARTS) is 1. The number of aliphatic imine (C=N–C) groups is 1. The van der Waals surface area contributed by atoms with Crippen LogP contribution in [0.3, 0.4) is 0 Å². The Morgan fingerprint density at radius 2 is 1.75 bits per heavy atom. The normalized spacial score (nSPS) is 18.4. The lowest BCUT2D eigenvalue weighted by molar-refractivity contribution is -0.149. The third-order valence-corrected chi connectivity index (χ3v) is 6.21. The SMILES string of the molecule is CCC(C)C(NC(=O)C(N)CCCN=C(N)N)C(=O)NC(CCC(N)=O)C(=O)N1CCCC1C(=O)O. The van der Waals surface area contributed by atoms with E-state index >= 15 is 0 Å². The number of rotatable bonds is 15. The van der Waals surface area contributed by atoms with E-state index in [1.807, 2.05) is 6.92 Å².